The summed E-state index contributed by atoms with van der Waals surface area (Å²) in [5.41, 5.74) is 1.14. The highest BCUT2D eigenvalue weighted by atomic mass is 127. The molecule has 1 heterocycles. The van der Waals surface area contributed by atoms with Crippen LogP contribution < -0.4 is 5.32 Å². The van der Waals surface area contributed by atoms with Crippen LogP contribution in [0, 0.1) is 0 Å². The van der Waals surface area contributed by atoms with E-state index in [1.54, 1.807) is 17.5 Å². The normalized spacial score (nSPS) is 12.9. The average molecular weight is 523 g/mol. The minimum atomic E-state index is -3.48. The van der Waals surface area contributed by atoms with Gasteiger partial charge in [0.2, 0.25) is 0 Å². The molecule has 0 radical (unpaired) electrons. The molecule has 0 aliphatic rings. The number of hydrogen-bond acceptors (Lipinski definition) is 5. The predicted molar refractivity (Wildman–Crippen MR) is 122 cm³/mol. The van der Waals surface area contributed by atoms with Crippen LogP contribution in [0.25, 0.3) is 0 Å². The zero-order valence-electron chi connectivity index (χ0n) is 15.4. The quantitative estimate of drug-likeness (QED) is 0.316. The van der Waals surface area contributed by atoms with Crippen molar-refractivity contribution < 1.29 is 13.5 Å². The Morgan fingerprint density at radius 2 is 1.96 bits per heavy atom. The molecule has 9 heteroatoms. The van der Waals surface area contributed by atoms with Gasteiger partial charge < -0.3 is 15.3 Å². The van der Waals surface area contributed by atoms with Crippen LogP contribution in [0.3, 0.4) is 0 Å². The lowest BCUT2D eigenvalue weighted by Gasteiger charge is -2.22. The summed E-state index contributed by atoms with van der Waals surface area (Å²) in [7, 11) is -1.57. The number of rotatable bonds is 8. The number of sulfone groups is 1. The Balaban J connectivity index is 0.00000364. The summed E-state index contributed by atoms with van der Waals surface area (Å²) in [5.74, 6) is 0.294. The second-order valence-corrected chi connectivity index (χ2v) is 9.11. The van der Waals surface area contributed by atoms with Gasteiger partial charge in [-0.25, -0.2) is 8.42 Å². The molecule has 0 aliphatic carbocycles. The Bertz CT molecular complexity index is 797. The number of halogens is 1. The van der Waals surface area contributed by atoms with Crippen molar-refractivity contribution in [2.24, 2.45) is 4.99 Å². The summed E-state index contributed by atoms with van der Waals surface area (Å²) in [4.78, 5) is 6.34. The van der Waals surface area contributed by atoms with Gasteiger partial charge in [0, 0.05) is 20.1 Å². The van der Waals surface area contributed by atoms with E-state index in [0.717, 1.165) is 16.9 Å². The Kier molecular flexibility index (Phi) is 10.3. The molecular formula is C18H26IN3O3S2. The summed E-state index contributed by atoms with van der Waals surface area (Å²) < 4.78 is 24.7. The van der Waals surface area contributed by atoms with Crippen LogP contribution in [-0.4, -0.2) is 56.4 Å². The van der Waals surface area contributed by atoms with Crippen molar-refractivity contribution in [2.75, 3.05) is 25.9 Å². The maximum absolute atomic E-state index is 12.2. The number of aliphatic hydroxyl groups is 1. The lowest BCUT2D eigenvalue weighted by atomic mass is 10.2. The van der Waals surface area contributed by atoms with Gasteiger partial charge in [0.05, 0.1) is 18.4 Å². The fourth-order valence-electron chi connectivity index (χ4n) is 2.42. The summed E-state index contributed by atoms with van der Waals surface area (Å²) in [5, 5.41) is 15.0. The molecule has 27 heavy (non-hydrogen) atoms. The van der Waals surface area contributed by atoms with Crippen molar-refractivity contribution in [3.8, 4) is 0 Å². The van der Waals surface area contributed by atoms with Crippen LogP contribution in [0.1, 0.15) is 12.5 Å². The maximum atomic E-state index is 12.2. The number of aliphatic hydroxyl groups excluding tert-OH is 1. The zero-order chi connectivity index (χ0) is 19.0. The van der Waals surface area contributed by atoms with Gasteiger partial charge in [-0.3, -0.25) is 4.99 Å². The fraction of sp³-hybridized carbons (Fsp3) is 0.389. The number of hydrogen-bond donors (Lipinski definition) is 2. The standard InChI is InChI=1S/C18H25N3O3S2.HI/c1-3-19-18(21(2)13-15-8-5-4-6-9-15)20-12-16(22)14-26(23,24)17-10-7-11-25-17;/h4-11,16,22H,3,12-14H2,1-2H3,(H,19,20);1H. The lowest BCUT2D eigenvalue weighted by molar-refractivity contribution is 0.205. The summed E-state index contributed by atoms with van der Waals surface area (Å²) >= 11 is 1.16. The Hall–Kier alpha value is -1.17. The number of thiophene rings is 1. The van der Waals surface area contributed by atoms with Gasteiger partial charge >= 0.3 is 0 Å². The number of aliphatic imine (C=N–C) groups is 1. The highest BCUT2D eigenvalue weighted by molar-refractivity contribution is 14.0. The number of benzene rings is 1. The fourth-order valence-corrected chi connectivity index (χ4v) is 4.89. The van der Waals surface area contributed by atoms with E-state index in [-0.39, 0.29) is 40.5 Å². The highest BCUT2D eigenvalue weighted by Gasteiger charge is 2.20. The number of nitrogens with one attached hydrogen (secondary N) is 1. The van der Waals surface area contributed by atoms with Crippen molar-refractivity contribution in [1.82, 2.24) is 10.2 Å². The molecule has 150 valence electrons. The molecule has 1 aromatic heterocycles. The van der Waals surface area contributed by atoms with E-state index in [9.17, 15) is 13.5 Å². The third-order valence-corrected chi connectivity index (χ3v) is 6.91. The SMILES string of the molecule is CCNC(=NCC(O)CS(=O)(=O)c1cccs1)N(C)Cc1ccccc1.I. The first-order valence-corrected chi connectivity index (χ1v) is 10.9. The second kappa shape index (κ2) is 11.6. The molecule has 0 saturated heterocycles. The van der Waals surface area contributed by atoms with E-state index in [1.165, 1.54) is 0 Å². The van der Waals surface area contributed by atoms with E-state index in [1.807, 2.05) is 49.2 Å². The summed E-state index contributed by atoms with van der Waals surface area (Å²) in [6, 6.07) is 13.2. The van der Waals surface area contributed by atoms with E-state index in [0.29, 0.717) is 19.0 Å². The first-order valence-electron chi connectivity index (χ1n) is 8.40. The van der Waals surface area contributed by atoms with Crippen molar-refractivity contribution in [1.29, 1.82) is 0 Å². The Morgan fingerprint density at radius 3 is 2.56 bits per heavy atom. The Labute approximate surface area is 182 Å². The molecule has 2 rings (SSSR count). The number of nitrogens with zero attached hydrogens (tertiary/aromatic N) is 2. The first kappa shape index (κ1) is 23.9. The predicted octanol–water partition coefficient (Wildman–Crippen LogP) is 2.60. The molecule has 0 spiro atoms. The van der Waals surface area contributed by atoms with Crippen LogP contribution in [0.2, 0.25) is 0 Å². The molecule has 1 unspecified atom stereocenters. The minimum Gasteiger partial charge on any atom is -0.390 e. The number of guanidine groups is 1. The molecule has 2 N–H and O–H groups in total. The van der Waals surface area contributed by atoms with Crippen LogP contribution in [-0.2, 0) is 16.4 Å². The molecule has 1 atom stereocenters. The van der Waals surface area contributed by atoms with Gasteiger partial charge in [-0.05, 0) is 23.9 Å². The molecule has 6 nitrogen and oxygen atoms in total. The van der Waals surface area contributed by atoms with Gasteiger partial charge in [-0.2, -0.15) is 0 Å². The average Bonchev–Trinajstić information content (AvgIpc) is 3.14. The van der Waals surface area contributed by atoms with E-state index in [4.69, 9.17) is 0 Å². The topological polar surface area (TPSA) is 82.0 Å². The molecule has 0 fully saturated rings. The van der Waals surface area contributed by atoms with E-state index >= 15 is 0 Å². The van der Waals surface area contributed by atoms with Gasteiger partial charge in [-0.15, -0.1) is 35.3 Å². The monoisotopic (exact) mass is 523 g/mol. The molecular weight excluding hydrogens is 497 g/mol. The highest BCUT2D eigenvalue weighted by Crippen LogP contribution is 2.18. The van der Waals surface area contributed by atoms with Crippen LogP contribution in [0.15, 0.2) is 57.0 Å². The molecule has 0 saturated carbocycles. The van der Waals surface area contributed by atoms with Crippen molar-refractivity contribution in [3.63, 3.8) is 0 Å². The summed E-state index contributed by atoms with van der Waals surface area (Å²) in [6.07, 6.45) is -1.05. The van der Waals surface area contributed by atoms with Crippen molar-refractivity contribution >= 4 is 51.1 Å². The smallest absolute Gasteiger partial charge is 0.194 e. The van der Waals surface area contributed by atoms with Crippen LogP contribution in [0.5, 0.6) is 0 Å². The second-order valence-electron chi connectivity index (χ2n) is 5.90. The van der Waals surface area contributed by atoms with E-state index in [2.05, 4.69) is 10.3 Å². The van der Waals surface area contributed by atoms with Crippen molar-refractivity contribution in [2.45, 2.75) is 23.8 Å². The van der Waals surface area contributed by atoms with Crippen LogP contribution >= 0.6 is 35.3 Å². The largest absolute Gasteiger partial charge is 0.390 e. The Morgan fingerprint density at radius 1 is 1.26 bits per heavy atom. The molecule has 0 amide bonds. The van der Waals surface area contributed by atoms with Gasteiger partial charge in [0.1, 0.15) is 4.21 Å². The van der Waals surface area contributed by atoms with Crippen molar-refractivity contribution in [3.05, 3.63) is 53.4 Å². The third kappa shape index (κ3) is 7.76. The van der Waals surface area contributed by atoms with Gasteiger partial charge in [-0.1, -0.05) is 36.4 Å². The van der Waals surface area contributed by atoms with Gasteiger partial charge in [0.25, 0.3) is 0 Å². The summed E-state index contributed by atoms with van der Waals surface area (Å²) in [6.45, 7) is 3.33. The van der Waals surface area contributed by atoms with Gasteiger partial charge in [0.15, 0.2) is 15.8 Å². The first-order chi connectivity index (χ1) is 12.4. The molecule has 0 aliphatic heterocycles. The molecule has 0 bridgehead atoms. The molecule has 1 aromatic carbocycles. The lowest BCUT2D eigenvalue weighted by Crippen LogP contribution is -2.39. The minimum absolute atomic E-state index is 0. The molecule has 2 aromatic rings. The zero-order valence-corrected chi connectivity index (χ0v) is 19.4. The van der Waals surface area contributed by atoms with Crippen LogP contribution in [0.4, 0.5) is 0 Å². The van der Waals surface area contributed by atoms with E-state index < -0.39 is 15.9 Å². The maximum Gasteiger partial charge on any atom is 0.194 e. The third-order valence-electron chi connectivity index (χ3n) is 3.62.